The summed E-state index contributed by atoms with van der Waals surface area (Å²) in [6.45, 7) is 8.78. The maximum atomic E-state index is 5.55. The molecule has 0 aliphatic carbocycles. The monoisotopic (exact) mass is 250 g/mol. The lowest BCUT2D eigenvalue weighted by Gasteiger charge is -2.21. The van der Waals surface area contributed by atoms with Crippen LogP contribution < -0.4 is 9.47 Å². The van der Waals surface area contributed by atoms with Crippen LogP contribution in [0, 0.1) is 0 Å². The minimum absolute atomic E-state index is 0.394. The Morgan fingerprint density at radius 3 is 1.67 bits per heavy atom. The van der Waals surface area contributed by atoms with Gasteiger partial charge in [-0.05, 0) is 42.4 Å². The van der Waals surface area contributed by atoms with Crippen molar-refractivity contribution in [3.8, 4) is 11.5 Å². The molecule has 0 bridgehead atoms. The summed E-state index contributed by atoms with van der Waals surface area (Å²) < 4.78 is 11.1. The number of hydrogen-bond acceptors (Lipinski definition) is 2. The van der Waals surface area contributed by atoms with Crippen LogP contribution in [-0.4, -0.2) is 14.2 Å². The van der Waals surface area contributed by atoms with E-state index in [1.54, 1.807) is 14.2 Å². The van der Waals surface area contributed by atoms with Gasteiger partial charge in [0.2, 0.25) is 0 Å². The number of benzene rings is 1. The van der Waals surface area contributed by atoms with E-state index in [1.807, 2.05) is 0 Å². The minimum atomic E-state index is 0.394. The third kappa shape index (κ3) is 2.98. The molecule has 0 aromatic heterocycles. The molecule has 0 heterocycles. The van der Waals surface area contributed by atoms with Crippen molar-refractivity contribution >= 4 is 0 Å². The maximum Gasteiger partial charge on any atom is 0.126 e. The Morgan fingerprint density at radius 1 is 0.944 bits per heavy atom. The molecule has 2 heteroatoms. The first-order valence-electron chi connectivity index (χ1n) is 6.84. The fraction of sp³-hybridized carbons (Fsp3) is 0.625. The standard InChI is InChI=1S/C16H26O2/c1-7-12(8-2)13-9-14(17-5)16(11(3)4)15(10-13)18-6/h9-12H,7-8H2,1-6H3. The van der Waals surface area contributed by atoms with Crippen LogP contribution in [0.2, 0.25) is 0 Å². The van der Waals surface area contributed by atoms with Crippen molar-refractivity contribution in [3.63, 3.8) is 0 Å². The van der Waals surface area contributed by atoms with Gasteiger partial charge in [0.25, 0.3) is 0 Å². The average molecular weight is 250 g/mol. The van der Waals surface area contributed by atoms with E-state index in [-0.39, 0.29) is 0 Å². The second-order valence-electron chi connectivity index (χ2n) is 5.01. The molecule has 1 rings (SSSR count). The SMILES string of the molecule is CCC(CC)c1cc(OC)c(C(C)C)c(OC)c1. The molecule has 0 spiro atoms. The summed E-state index contributed by atoms with van der Waals surface area (Å²) >= 11 is 0. The largest absolute Gasteiger partial charge is 0.496 e. The van der Waals surface area contributed by atoms with Gasteiger partial charge in [-0.15, -0.1) is 0 Å². The summed E-state index contributed by atoms with van der Waals surface area (Å²) in [4.78, 5) is 0. The lowest BCUT2D eigenvalue weighted by molar-refractivity contribution is 0.380. The number of hydrogen-bond donors (Lipinski definition) is 0. The summed E-state index contributed by atoms with van der Waals surface area (Å²) in [5, 5.41) is 0. The smallest absolute Gasteiger partial charge is 0.126 e. The minimum Gasteiger partial charge on any atom is -0.496 e. The fourth-order valence-electron chi connectivity index (χ4n) is 2.52. The van der Waals surface area contributed by atoms with Crippen molar-refractivity contribution in [2.45, 2.75) is 52.4 Å². The Bertz CT molecular complexity index is 354. The first-order chi connectivity index (χ1) is 8.58. The van der Waals surface area contributed by atoms with Crippen LogP contribution in [-0.2, 0) is 0 Å². The molecule has 0 atom stereocenters. The zero-order valence-electron chi connectivity index (χ0n) is 12.5. The first-order valence-corrected chi connectivity index (χ1v) is 6.84. The van der Waals surface area contributed by atoms with Gasteiger partial charge in [0.1, 0.15) is 11.5 Å². The van der Waals surface area contributed by atoms with Crippen molar-refractivity contribution in [1.82, 2.24) is 0 Å². The summed E-state index contributed by atoms with van der Waals surface area (Å²) in [5.74, 6) is 2.87. The van der Waals surface area contributed by atoms with Gasteiger partial charge in [0, 0.05) is 5.56 Å². The predicted molar refractivity (Wildman–Crippen MR) is 77.0 cm³/mol. The fourth-order valence-corrected chi connectivity index (χ4v) is 2.52. The van der Waals surface area contributed by atoms with Gasteiger partial charge in [-0.3, -0.25) is 0 Å². The molecule has 0 fully saturated rings. The van der Waals surface area contributed by atoms with Gasteiger partial charge in [-0.2, -0.15) is 0 Å². The van der Waals surface area contributed by atoms with Crippen molar-refractivity contribution < 1.29 is 9.47 Å². The van der Waals surface area contributed by atoms with E-state index in [1.165, 1.54) is 5.56 Å². The van der Waals surface area contributed by atoms with Gasteiger partial charge >= 0.3 is 0 Å². The third-order valence-corrected chi connectivity index (χ3v) is 3.60. The van der Waals surface area contributed by atoms with Gasteiger partial charge in [-0.1, -0.05) is 27.7 Å². The zero-order valence-corrected chi connectivity index (χ0v) is 12.5. The quantitative estimate of drug-likeness (QED) is 0.726. The predicted octanol–water partition coefficient (Wildman–Crippen LogP) is 4.73. The Morgan fingerprint density at radius 2 is 1.39 bits per heavy atom. The molecule has 18 heavy (non-hydrogen) atoms. The highest BCUT2D eigenvalue weighted by Crippen LogP contribution is 2.39. The summed E-state index contributed by atoms with van der Waals surface area (Å²) in [6.07, 6.45) is 2.29. The number of methoxy groups -OCH3 is 2. The van der Waals surface area contributed by atoms with E-state index in [4.69, 9.17) is 9.47 Å². The topological polar surface area (TPSA) is 18.5 Å². The van der Waals surface area contributed by atoms with Crippen molar-refractivity contribution in [2.24, 2.45) is 0 Å². The Kier molecular flexibility index (Phi) is 5.52. The third-order valence-electron chi connectivity index (χ3n) is 3.60. The second-order valence-corrected chi connectivity index (χ2v) is 5.01. The maximum absolute atomic E-state index is 5.55. The zero-order chi connectivity index (χ0) is 13.7. The van der Waals surface area contributed by atoms with E-state index in [0.717, 1.165) is 29.9 Å². The highest BCUT2D eigenvalue weighted by atomic mass is 16.5. The molecule has 0 N–H and O–H groups in total. The van der Waals surface area contributed by atoms with Gasteiger partial charge in [-0.25, -0.2) is 0 Å². The molecule has 0 aliphatic rings. The van der Waals surface area contributed by atoms with Gasteiger partial charge < -0.3 is 9.47 Å². The average Bonchev–Trinajstić information content (AvgIpc) is 2.38. The molecule has 0 aliphatic heterocycles. The lowest BCUT2D eigenvalue weighted by atomic mass is 9.90. The second kappa shape index (κ2) is 6.67. The molecule has 0 saturated carbocycles. The molecule has 0 amide bonds. The van der Waals surface area contributed by atoms with Gasteiger partial charge in [0.05, 0.1) is 14.2 Å². The van der Waals surface area contributed by atoms with Crippen LogP contribution in [0.5, 0.6) is 11.5 Å². The van der Waals surface area contributed by atoms with Crippen LogP contribution in [0.25, 0.3) is 0 Å². The Labute approximate surface area is 111 Å². The molecule has 102 valence electrons. The van der Waals surface area contributed by atoms with Crippen molar-refractivity contribution in [3.05, 3.63) is 23.3 Å². The molecule has 0 unspecified atom stereocenters. The van der Waals surface area contributed by atoms with Crippen molar-refractivity contribution in [2.75, 3.05) is 14.2 Å². The van der Waals surface area contributed by atoms with Crippen LogP contribution >= 0.6 is 0 Å². The molecule has 0 saturated heterocycles. The molecule has 1 aromatic rings. The molecular formula is C16H26O2. The first kappa shape index (κ1) is 14.9. The number of ether oxygens (including phenoxy) is 2. The Balaban J connectivity index is 3.34. The summed E-state index contributed by atoms with van der Waals surface area (Å²) in [7, 11) is 3.47. The molecule has 0 radical (unpaired) electrons. The van der Waals surface area contributed by atoms with Gasteiger partial charge in [0.15, 0.2) is 0 Å². The Hall–Kier alpha value is -1.18. The van der Waals surface area contributed by atoms with E-state index < -0.39 is 0 Å². The van der Waals surface area contributed by atoms with E-state index in [0.29, 0.717) is 11.8 Å². The van der Waals surface area contributed by atoms with E-state index in [9.17, 15) is 0 Å². The van der Waals surface area contributed by atoms with E-state index >= 15 is 0 Å². The summed E-state index contributed by atoms with van der Waals surface area (Å²) in [5.41, 5.74) is 2.48. The number of rotatable bonds is 6. The highest BCUT2D eigenvalue weighted by Gasteiger charge is 2.18. The van der Waals surface area contributed by atoms with E-state index in [2.05, 4.69) is 39.8 Å². The molecular weight excluding hydrogens is 224 g/mol. The molecule has 1 aromatic carbocycles. The summed E-state index contributed by atoms with van der Waals surface area (Å²) in [6, 6.07) is 4.35. The lowest BCUT2D eigenvalue weighted by Crippen LogP contribution is -2.03. The van der Waals surface area contributed by atoms with Crippen LogP contribution in [0.4, 0.5) is 0 Å². The van der Waals surface area contributed by atoms with Crippen molar-refractivity contribution in [1.29, 1.82) is 0 Å². The van der Waals surface area contributed by atoms with Crippen LogP contribution in [0.15, 0.2) is 12.1 Å². The highest BCUT2D eigenvalue weighted by molar-refractivity contribution is 5.50. The molecule has 2 nitrogen and oxygen atoms in total. The van der Waals surface area contributed by atoms with Crippen LogP contribution in [0.1, 0.15) is 63.5 Å². The normalized spacial score (nSPS) is 11.1. The van der Waals surface area contributed by atoms with Crippen LogP contribution in [0.3, 0.4) is 0 Å².